The molecule has 0 spiro atoms. The molecule has 3 aromatic heterocycles. The summed E-state index contributed by atoms with van der Waals surface area (Å²) in [6.45, 7) is 4.33. The van der Waals surface area contributed by atoms with Crippen LogP contribution in [0.15, 0.2) is 50.7 Å². The van der Waals surface area contributed by atoms with Gasteiger partial charge in [0, 0.05) is 5.56 Å². The molecule has 5 atom stereocenters. The normalized spacial score (nSPS) is 23.3. The minimum absolute atomic E-state index is 0.0408. The van der Waals surface area contributed by atoms with Gasteiger partial charge in [-0.3, -0.25) is 9.36 Å². The van der Waals surface area contributed by atoms with Crippen molar-refractivity contribution in [3.63, 3.8) is 0 Å². The SMILES string of the molecule is COc1ccccc1C(Cn1c(=O)n(C(C)(C)C(=O)O)c(=O)c2c(C)c(-c3ncco3)sc21)O[C@@H]1C[C@@H]2CC(O)(CC#N)C[C@@H]2C1. The summed E-state index contributed by atoms with van der Waals surface area (Å²) in [7, 11) is 1.55. The number of thiophene rings is 1. The minimum atomic E-state index is -1.86. The lowest BCUT2D eigenvalue weighted by molar-refractivity contribution is -0.146. The fraction of sp³-hybridized carbons (Fsp3) is 0.485. The van der Waals surface area contributed by atoms with E-state index in [0.717, 1.165) is 4.57 Å². The number of aliphatic carboxylic acids is 1. The second-order valence-corrected chi connectivity index (χ2v) is 13.9. The Bertz CT molecular complexity index is 1940. The molecule has 1 aromatic carbocycles. The molecule has 2 aliphatic rings. The van der Waals surface area contributed by atoms with Crippen molar-refractivity contribution in [2.45, 2.75) is 82.8 Å². The van der Waals surface area contributed by atoms with E-state index in [-0.39, 0.29) is 42.2 Å². The van der Waals surface area contributed by atoms with Crippen molar-refractivity contribution in [1.29, 1.82) is 5.26 Å². The van der Waals surface area contributed by atoms with E-state index in [2.05, 4.69) is 11.1 Å². The molecule has 4 aromatic rings. The maximum absolute atomic E-state index is 14.3. The topological polar surface area (TPSA) is 170 Å². The van der Waals surface area contributed by atoms with E-state index in [0.29, 0.717) is 52.3 Å². The Hall–Kier alpha value is -4.25. The van der Waals surface area contributed by atoms with Gasteiger partial charge in [0.25, 0.3) is 5.56 Å². The van der Waals surface area contributed by atoms with Gasteiger partial charge in [-0.1, -0.05) is 18.2 Å². The van der Waals surface area contributed by atoms with Gasteiger partial charge in [-0.15, -0.1) is 11.3 Å². The van der Waals surface area contributed by atoms with E-state index in [1.54, 1.807) is 20.1 Å². The monoisotopic (exact) mass is 648 g/mol. The highest BCUT2D eigenvalue weighted by atomic mass is 32.1. The summed E-state index contributed by atoms with van der Waals surface area (Å²) in [6.07, 6.45) is 4.55. The fourth-order valence-corrected chi connectivity index (χ4v) is 8.54. The number of aromatic nitrogens is 3. The second-order valence-electron chi connectivity index (χ2n) is 12.9. The predicted molar refractivity (Wildman–Crippen MR) is 169 cm³/mol. The van der Waals surface area contributed by atoms with Gasteiger partial charge in [-0.25, -0.2) is 19.1 Å². The van der Waals surface area contributed by atoms with Crippen LogP contribution >= 0.6 is 11.3 Å². The number of para-hydroxylation sites is 1. The summed E-state index contributed by atoms with van der Waals surface area (Å²) < 4.78 is 20.3. The van der Waals surface area contributed by atoms with Gasteiger partial charge in [-0.05, 0) is 69.9 Å². The molecule has 0 amide bonds. The predicted octanol–water partition coefficient (Wildman–Crippen LogP) is 4.61. The number of rotatable bonds is 10. The zero-order chi connectivity index (χ0) is 33.0. The molecule has 0 aliphatic heterocycles. The first kappa shape index (κ1) is 31.7. The number of aryl methyl sites for hydroxylation is 1. The second kappa shape index (κ2) is 11.8. The number of oxazole rings is 1. The van der Waals surface area contributed by atoms with Crippen molar-refractivity contribution >= 4 is 27.5 Å². The van der Waals surface area contributed by atoms with Crippen LogP contribution in [0.2, 0.25) is 0 Å². The van der Waals surface area contributed by atoms with Gasteiger partial charge in [-0.2, -0.15) is 5.26 Å². The van der Waals surface area contributed by atoms with Gasteiger partial charge in [0.1, 0.15) is 28.5 Å². The molecule has 2 fully saturated rings. The molecule has 13 heteroatoms. The first-order valence-corrected chi connectivity index (χ1v) is 16.0. The zero-order valence-electron chi connectivity index (χ0n) is 26.1. The number of hydrogen-bond donors (Lipinski definition) is 2. The first-order chi connectivity index (χ1) is 21.9. The largest absolute Gasteiger partial charge is 0.496 e. The Labute approximate surface area is 268 Å². The van der Waals surface area contributed by atoms with Crippen molar-refractivity contribution in [2.75, 3.05) is 7.11 Å². The molecule has 0 saturated heterocycles. The third kappa shape index (κ3) is 5.34. The molecule has 46 heavy (non-hydrogen) atoms. The van der Waals surface area contributed by atoms with E-state index < -0.39 is 34.5 Å². The quantitative estimate of drug-likeness (QED) is 0.248. The lowest BCUT2D eigenvalue weighted by Crippen LogP contribution is -2.52. The third-order valence-electron chi connectivity index (χ3n) is 9.60. The van der Waals surface area contributed by atoms with Crippen molar-refractivity contribution in [1.82, 2.24) is 14.1 Å². The molecule has 6 rings (SSSR count). The van der Waals surface area contributed by atoms with Crippen molar-refractivity contribution < 1.29 is 28.9 Å². The molecule has 2 saturated carbocycles. The minimum Gasteiger partial charge on any atom is -0.496 e. The molecule has 2 unspecified atom stereocenters. The smallest absolute Gasteiger partial charge is 0.333 e. The summed E-state index contributed by atoms with van der Waals surface area (Å²) in [5.41, 5.74) is -3.10. The molecule has 12 nitrogen and oxygen atoms in total. The van der Waals surface area contributed by atoms with E-state index >= 15 is 0 Å². The molecule has 242 valence electrons. The Balaban J connectivity index is 1.47. The molecule has 2 N–H and O–H groups in total. The average molecular weight is 649 g/mol. The summed E-state index contributed by atoms with van der Waals surface area (Å²) in [6, 6.07) is 9.46. The molecule has 0 radical (unpaired) electrons. The average Bonchev–Trinajstić information content (AvgIpc) is 3.78. The summed E-state index contributed by atoms with van der Waals surface area (Å²) >= 11 is 1.18. The number of fused-ring (bicyclic) bond motifs is 2. The number of nitriles is 1. The van der Waals surface area contributed by atoms with Crippen molar-refractivity contribution in [3.05, 3.63) is 68.7 Å². The maximum Gasteiger partial charge on any atom is 0.333 e. The highest BCUT2D eigenvalue weighted by Gasteiger charge is 2.49. The van der Waals surface area contributed by atoms with Gasteiger partial charge in [0.2, 0.25) is 5.89 Å². The zero-order valence-corrected chi connectivity index (χ0v) is 26.9. The fourth-order valence-electron chi connectivity index (χ4n) is 7.30. The van der Waals surface area contributed by atoms with E-state index in [1.807, 2.05) is 18.2 Å². The van der Waals surface area contributed by atoms with Gasteiger partial charge < -0.3 is 24.1 Å². The van der Waals surface area contributed by atoms with Crippen LogP contribution in [0.1, 0.15) is 63.2 Å². The summed E-state index contributed by atoms with van der Waals surface area (Å²) in [5, 5.41) is 30.4. The number of carboxylic acids is 1. The number of carboxylic acid groups (broad SMARTS) is 1. The summed E-state index contributed by atoms with van der Waals surface area (Å²) in [5.74, 6) is -0.0759. The highest BCUT2D eigenvalue weighted by molar-refractivity contribution is 7.22. The Morgan fingerprint density at radius 3 is 2.57 bits per heavy atom. The lowest BCUT2D eigenvalue weighted by Gasteiger charge is -2.28. The maximum atomic E-state index is 14.3. The summed E-state index contributed by atoms with van der Waals surface area (Å²) in [4.78, 5) is 45.8. The highest BCUT2D eigenvalue weighted by Crippen LogP contribution is 2.51. The molecule has 3 heterocycles. The molecular weight excluding hydrogens is 612 g/mol. The van der Waals surface area contributed by atoms with Crippen LogP contribution in [0, 0.1) is 30.1 Å². The van der Waals surface area contributed by atoms with Crippen LogP contribution < -0.4 is 16.0 Å². The van der Waals surface area contributed by atoms with Gasteiger partial charge in [0.05, 0.1) is 54.3 Å². The van der Waals surface area contributed by atoms with Crippen LogP contribution in [0.5, 0.6) is 5.75 Å². The van der Waals surface area contributed by atoms with E-state index in [4.69, 9.17) is 13.9 Å². The van der Waals surface area contributed by atoms with Gasteiger partial charge in [0.15, 0.2) is 0 Å². The lowest BCUT2D eigenvalue weighted by atomic mass is 9.94. The van der Waals surface area contributed by atoms with Crippen molar-refractivity contribution in [2.24, 2.45) is 11.8 Å². The Morgan fingerprint density at radius 2 is 1.96 bits per heavy atom. The standard InChI is InChI=1S/C33H36N4O8S/c1-18-25-28(38)37(32(2,3)30(39)40)31(41)36(29(25)46-26(18)27-35-11-12-44-27)17-24(22-7-5-6-8-23(22)43-4)45-21-13-19-15-33(42,9-10-34)16-20(19)14-21/h5-8,11-12,19-21,24,42H,9,13-17H2,1-4H3,(H,39,40)/t19-,20+,21-,24?,33?. The van der Waals surface area contributed by atoms with Crippen LogP contribution in [-0.4, -0.2) is 49.1 Å². The van der Waals surface area contributed by atoms with Gasteiger partial charge >= 0.3 is 11.7 Å². The number of ether oxygens (including phenoxy) is 2. The van der Waals surface area contributed by atoms with Crippen molar-refractivity contribution in [3.8, 4) is 22.6 Å². The van der Waals surface area contributed by atoms with Crippen LogP contribution in [-0.2, 0) is 21.6 Å². The van der Waals surface area contributed by atoms with Crippen LogP contribution in [0.3, 0.4) is 0 Å². The van der Waals surface area contributed by atoms with E-state index in [9.17, 15) is 29.9 Å². The Morgan fingerprint density at radius 1 is 1.26 bits per heavy atom. The number of nitrogens with zero attached hydrogens (tertiary/aromatic N) is 4. The number of benzene rings is 1. The number of aliphatic hydroxyl groups is 1. The molecule has 2 aliphatic carbocycles. The van der Waals surface area contributed by atoms with E-state index in [1.165, 1.54) is 42.2 Å². The van der Waals surface area contributed by atoms with Crippen LogP contribution in [0.25, 0.3) is 21.0 Å². The molecule has 0 bridgehead atoms. The number of hydrogen-bond acceptors (Lipinski definition) is 10. The Kier molecular flexibility index (Phi) is 8.16. The molecular formula is C33H36N4O8S. The first-order valence-electron chi connectivity index (χ1n) is 15.2. The number of methoxy groups -OCH3 is 1. The number of carbonyl (C=O) groups is 1. The third-order valence-corrected chi connectivity index (χ3v) is 10.9. The van der Waals surface area contributed by atoms with Crippen LogP contribution in [0.4, 0.5) is 0 Å².